The zero-order valence-electron chi connectivity index (χ0n) is 11.8. The molecule has 2 heteroatoms. The molecule has 0 spiro atoms. The van der Waals surface area contributed by atoms with Gasteiger partial charge >= 0.3 is 0 Å². The third kappa shape index (κ3) is 3.03. The summed E-state index contributed by atoms with van der Waals surface area (Å²) < 4.78 is 0. The van der Waals surface area contributed by atoms with Crippen molar-refractivity contribution in [2.24, 2.45) is 11.3 Å². The first-order chi connectivity index (χ1) is 8.00. The van der Waals surface area contributed by atoms with E-state index in [-0.39, 0.29) is 11.5 Å². The molecule has 0 saturated heterocycles. The second-order valence-corrected chi connectivity index (χ2v) is 6.98. The highest BCUT2D eigenvalue weighted by Crippen LogP contribution is 2.40. The Hall–Kier alpha value is -0.0800. The zero-order valence-corrected chi connectivity index (χ0v) is 11.8. The monoisotopic (exact) mass is 239 g/mol. The molecule has 0 radical (unpaired) electrons. The maximum Gasteiger partial charge on any atom is 0.0746 e. The molecule has 2 fully saturated rings. The number of hydrogen-bond donors (Lipinski definition) is 1. The maximum absolute atomic E-state index is 10.4. The Morgan fingerprint density at radius 3 is 2.29 bits per heavy atom. The molecule has 2 rings (SSSR count). The van der Waals surface area contributed by atoms with Crippen LogP contribution in [-0.2, 0) is 0 Å². The van der Waals surface area contributed by atoms with Crippen molar-refractivity contribution in [1.29, 1.82) is 0 Å². The minimum absolute atomic E-state index is 0.117. The standard InChI is InChI=1S/C15H29NO/c1-15(2)10-9-13(14(15)17)16(3)11-12-7-5-4-6-8-12/h12-14,17H,4-11H2,1-3H3. The van der Waals surface area contributed by atoms with E-state index in [1.165, 1.54) is 38.6 Å². The van der Waals surface area contributed by atoms with Gasteiger partial charge in [0.05, 0.1) is 6.10 Å². The van der Waals surface area contributed by atoms with Crippen LogP contribution in [0.25, 0.3) is 0 Å². The fourth-order valence-electron chi connectivity index (χ4n) is 3.72. The molecule has 2 saturated carbocycles. The van der Waals surface area contributed by atoms with Gasteiger partial charge in [-0.1, -0.05) is 33.1 Å². The number of likely N-dealkylation sites (N-methyl/N-ethyl adjacent to an activating group) is 1. The molecular weight excluding hydrogens is 210 g/mol. The van der Waals surface area contributed by atoms with Crippen molar-refractivity contribution in [1.82, 2.24) is 4.90 Å². The van der Waals surface area contributed by atoms with Crippen LogP contribution in [0.4, 0.5) is 0 Å². The van der Waals surface area contributed by atoms with E-state index in [0.717, 1.165) is 18.8 Å². The first-order valence-electron chi connectivity index (χ1n) is 7.39. The SMILES string of the molecule is CN(CC1CCCCC1)C1CCC(C)(C)C1O. The first kappa shape index (κ1) is 13.4. The molecular formula is C15H29NO. The smallest absolute Gasteiger partial charge is 0.0746 e. The van der Waals surface area contributed by atoms with Gasteiger partial charge in [0, 0.05) is 12.6 Å². The van der Waals surface area contributed by atoms with E-state index >= 15 is 0 Å². The number of rotatable bonds is 3. The van der Waals surface area contributed by atoms with Crippen LogP contribution in [0.3, 0.4) is 0 Å². The van der Waals surface area contributed by atoms with Crippen molar-refractivity contribution >= 4 is 0 Å². The first-order valence-corrected chi connectivity index (χ1v) is 7.39. The fraction of sp³-hybridized carbons (Fsp3) is 1.00. The Balaban J connectivity index is 1.85. The molecule has 2 unspecified atom stereocenters. The molecule has 0 bridgehead atoms. The Bertz CT molecular complexity index is 245. The predicted molar refractivity (Wildman–Crippen MR) is 72.0 cm³/mol. The minimum atomic E-state index is -0.143. The van der Waals surface area contributed by atoms with Gasteiger partial charge in [-0.3, -0.25) is 0 Å². The molecule has 0 heterocycles. The van der Waals surface area contributed by atoms with Gasteiger partial charge in [-0.2, -0.15) is 0 Å². The highest BCUT2D eigenvalue weighted by molar-refractivity contribution is 4.96. The summed E-state index contributed by atoms with van der Waals surface area (Å²) in [6.45, 7) is 5.59. The van der Waals surface area contributed by atoms with E-state index in [1.807, 2.05) is 0 Å². The second kappa shape index (κ2) is 5.27. The Morgan fingerprint density at radius 1 is 1.12 bits per heavy atom. The maximum atomic E-state index is 10.4. The van der Waals surface area contributed by atoms with E-state index < -0.39 is 0 Å². The highest BCUT2D eigenvalue weighted by Gasteiger charge is 2.42. The molecule has 0 aromatic rings. The summed E-state index contributed by atoms with van der Waals surface area (Å²) in [5, 5.41) is 10.4. The van der Waals surface area contributed by atoms with E-state index in [1.54, 1.807) is 0 Å². The van der Waals surface area contributed by atoms with Gasteiger partial charge in [0.25, 0.3) is 0 Å². The fourth-order valence-corrected chi connectivity index (χ4v) is 3.72. The minimum Gasteiger partial charge on any atom is -0.391 e. The number of aliphatic hydroxyl groups is 1. The van der Waals surface area contributed by atoms with Crippen molar-refractivity contribution < 1.29 is 5.11 Å². The van der Waals surface area contributed by atoms with E-state index in [4.69, 9.17) is 0 Å². The van der Waals surface area contributed by atoms with Crippen molar-refractivity contribution in [2.45, 2.75) is 70.9 Å². The Labute approximate surface area is 106 Å². The van der Waals surface area contributed by atoms with Crippen molar-refractivity contribution in [3.8, 4) is 0 Å². The van der Waals surface area contributed by atoms with Crippen LogP contribution in [0, 0.1) is 11.3 Å². The summed E-state index contributed by atoms with van der Waals surface area (Å²) >= 11 is 0. The molecule has 2 aliphatic carbocycles. The summed E-state index contributed by atoms with van der Waals surface area (Å²) in [7, 11) is 2.21. The molecule has 0 aliphatic heterocycles. The van der Waals surface area contributed by atoms with Crippen LogP contribution >= 0.6 is 0 Å². The molecule has 0 amide bonds. The van der Waals surface area contributed by atoms with Gasteiger partial charge in [0.1, 0.15) is 0 Å². The highest BCUT2D eigenvalue weighted by atomic mass is 16.3. The Morgan fingerprint density at radius 2 is 1.76 bits per heavy atom. The van der Waals surface area contributed by atoms with Gasteiger partial charge in [-0.15, -0.1) is 0 Å². The molecule has 0 aromatic heterocycles. The normalized spacial score (nSPS) is 34.4. The quantitative estimate of drug-likeness (QED) is 0.818. The lowest BCUT2D eigenvalue weighted by Crippen LogP contribution is -2.44. The van der Waals surface area contributed by atoms with Crippen LogP contribution < -0.4 is 0 Å². The largest absolute Gasteiger partial charge is 0.391 e. The lowest BCUT2D eigenvalue weighted by molar-refractivity contribution is 0.0171. The summed E-state index contributed by atoms with van der Waals surface area (Å²) in [4.78, 5) is 2.44. The van der Waals surface area contributed by atoms with Crippen LogP contribution in [-0.4, -0.2) is 35.7 Å². The summed E-state index contributed by atoms with van der Waals surface area (Å²) in [6, 6.07) is 0.395. The predicted octanol–water partition coefficient (Wildman–Crippen LogP) is 3.05. The van der Waals surface area contributed by atoms with Gasteiger partial charge in [-0.05, 0) is 44.1 Å². The lowest BCUT2D eigenvalue weighted by atomic mass is 9.87. The van der Waals surface area contributed by atoms with Gasteiger partial charge in [0.2, 0.25) is 0 Å². The molecule has 2 aliphatic rings. The lowest BCUT2D eigenvalue weighted by Gasteiger charge is -2.34. The zero-order chi connectivity index (χ0) is 12.5. The van der Waals surface area contributed by atoms with E-state index in [9.17, 15) is 5.11 Å². The Kier molecular flexibility index (Phi) is 4.14. The summed E-state index contributed by atoms with van der Waals surface area (Å²) in [6.07, 6.45) is 9.24. The van der Waals surface area contributed by atoms with E-state index in [0.29, 0.717) is 6.04 Å². The van der Waals surface area contributed by atoms with Crippen LogP contribution in [0.2, 0.25) is 0 Å². The molecule has 17 heavy (non-hydrogen) atoms. The second-order valence-electron chi connectivity index (χ2n) is 6.98. The van der Waals surface area contributed by atoms with Crippen LogP contribution in [0.15, 0.2) is 0 Å². The van der Waals surface area contributed by atoms with Gasteiger partial charge < -0.3 is 10.0 Å². The van der Waals surface area contributed by atoms with Crippen molar-refractivity contribution in [3.05, 3.63) is 0 Å². The summed E-state index contributed by atoms with van der Waals surface area (Å²) in [5.41, 5.74) is 0.117. The third-order valence-electron chi connectivity index (χ3n) is 5.09. The van der Waals surface area contributed by atoms with Crippen LogP contribution in [0.1, 0.15) is 58.8 Å². The molecule has 2 atom stereocenters. The molecule has 0 aromatic carbocycles. The van der Waals surface area contributed by atoms with Crippen molar-refractivity contribution in [3.63, 3.8) is 0 Å². The van der Waals surface area contributed by atoms with Crippen molar-refractivity contribution in [2.75, 3.05) is 13.6 Å². The average Bonchev–Trinajstić information content (AvgIpc) is 2.56. The molecule has 100 valence electrons. The van der Waals surface area contributed by atoms with Gasteiger partial charge in [-0.25, -0.2) is 0 Å². The van der Waals surface area contributed by atoms with Gasteiger partial charge in [0.15, 0.2) is 0 Å². The van der Waals surface area contributed by atoms with Crippen LogP contribution in [0.5, 0.6) is 0 Å². The topological polar surface area (TPSA) is 23.5 Å². The van der Waals surface area contributed by atoms with E-state index in [2.05, 4.69) is 25.8 Å². The average molecular weight is 239 g/mol. The molecule has 1 N–H and O–H groups in total. The number of hydrogen-bond acceptors (Lipinski definition) is 2. The summed E-state index contributed by atoms with van der Waals surface area (Å²) in [5.74, 6) is 0.879. The number of nitrogens with zero attached hydrogens (tertiary/aromatic N) is 1. The molecule has 2 nitrogen and oxygen atoms in total. The number of aliphatic hydroxyl groups excluding tert-OH is 1. The third-order valence-corrected chi connectivity index (χ3v) is 5.09.